The van der Waals surface area contributed by atoms with Crippen LogP contribution >= 0.6 is 0 Å². The maximum Gasteiger partial charge on any atom is 0.257 e. The second-order valence-corrected chi connectivity index (χ2v) is 5.39. The van der Waals surface area contributed by atoms with Crippen LogP contribution in [0, 0.1) is 5.82 Å². The Morgan fingerprint density at radius 2 is 2.10 bits per heavy atom. The fourth-order valence-electron chi connectivity index (χ4n) is 2.86. The number of pyridine rings is 1. The first-order valence-corrected chi connectivity index (χ1v) is 7.27. The lowest BCUT2D eigenvalue weighted by Crippen LogP contribution is -2.47. The summed E-state index contributed by atoms with van der Waals surface area (Å²) in [6, 6.07) is 1.77. The van der Waals surface area contributed by atoms with Gasteiger partial charge in [-0.15, -0.1) is 0 Å². The molecule has 2 heterocycles. The molecule has 0 aromatic carbocycles. The molecule has 1 amide bonds. The van der Waals surface area contributed by atoms with Crippen molar-refractivity contribution in [3.8, 4) is 0 Å². The van der Waals surface area contributed by atoms with E-state index in [4.69, 9.17) is 0 Å². The van der Waals surface area contributed by atoms with Gasteiger partial charge in [-0.25, -0.2) is 9.37 Å². The summed E-state index contributed by atoms with van der Waals surface area (Å²) in [6.07, 6.45) is 4.55. The summed E-state index contributed by atoms with van der Waals surface area (Å²) in [5.74, 6) is -0.635. The first kappa shape index (κ1) is 14.8. The zero-order chi connectivity index (χ0) is 14.7. The molecular formula is C15H22FN3O. The van der Waals surface area contributed by atoms with Crippen molar-refractivity contribution in [3.05, 3.63) is 23.6 Å². The normalized spacial score (nSPS) is 22.7. The molecule has 0 bridgehead atoms. The van der Waals surface area contributed by atoms with E-state index < -0.39 is 5.82 Å². The number of rotatable bonds is 3. The van der Waals surface area contributed by atoms with E-state index in [0.29, 0.717) is 6.54 Å². The largest absolute Gasteiger partial charge is 0.368 e. The minimum Gasteiger partial charge on any atom is -0.368 e. The lowest BCUT2D eigenvalue weighted by atomic mass is 9.96. The van der Waals surface area contributed by atoms with Gasteiger partial charge in [-0.1, -0.05) is 0 Å². The fraction of sp³-hybridized carbons (Fsp3) is 0.600. The van der Waals surface area contributed by atoms with Crippen LogP contribution in [0.15, 0.2) is 12.3 Å². The molecule has 0 spiro atoms. The third-order valence-electron chi connectivity index (χ3n) is 3.89. The van der Waals surface area contributed by atoms with E-state index in [-0.39, 0.29) is 29.4 Å². The van der Waals surface area contributed by atoms with Crippen LogP contribution in [-0.4, -0.2) is 34.4 Å². The number of carbonyl (C=O) groups excluding carboxylic acids is 1. The van der Waals surface area contributed by atoms with Gasteiger partial charge in [0.1, 0.15) is 0 Å². The van der Waals surface area contributed by atoms with E-state index in [0.717, 1.165) is 19.3 Å². The fourth-order valence-corrected chi connectivity index (χ4v) is 2.86. The van der Waals surface area contributed by atoms with E-state index in [1.54, 1.807) is 4.90 Å². The number of nitrogens with one attached hydrogen (secondary N) is 1. The molecule has 1 aromatic heterocycles. The lowest BCUT2D eigenvalue weighted by molar-refractivity contribution is 0.0506. The molecule has 0 aliphatic carbocycles. The molecule has 1 aromatic rings. The van der Waals surface area contributed by atoms with Crippen LogP contribution in [0.2, 0.25) is 0 Å². The number of amides is 1. The Labute approximate surface area is 119 Å². The van der Waals surface area contributed by atoms with Crippen LogP contribution in [-0.2, 0) is 0 Å². The Morgan fingerprint density at radius 3 is 2.70 bits per heavy atom. The van der Waals surface area contributed by atoms with E-state index in [1.807, 2.05) is 20.8 Å². The van der Waals surface area contributed by atoms with Crippen LogP contribution in [0.5, 0.6) is 0 Å². The molecule has 1 fully saturated rings. The lowest BCUT2D eigenvalue weighted by Gasteiger charge is -2.39. The van der Waals surface area contributed by atoms with Crippen LogP contribution in [0.3, 0.4) is 0 Å². The molecule has 1 saturated heterocycles. The number of aromatic nitrogens is 1. The van der Waals surface area contributed by atoms with Gasteiger partial charge >= 0.3 is 0 Å². The summed E-state index contributed by atoms with van der Waals surface area (Å²) in [5.41, 5.74) is 0.108. The Kier molecular flexibility index (Phi) is 4.57. The molecular weight excluding hydrogens is 257 g/mol. The molecule has 0 saturated carbocycles. The van der Waals surface area contributed by atoms with Crippen molar-refractivity contribution in [2.24, 2.45) is 0 Å². The van der Waals surface area contributed by atoms with E-state index >= 15 is 0 Å². The number of anilines is 1. The van der Waals surface area contributed by atoms with Gasteiger partial charge in [-0.2, -0.15) is 0 Å². The van der Waals surface area contributed by atoms with Gasteiger partial charge in [0.15, 0.2) is 11.6 Å². The quantitative estimate of drug-likeness (QED) is 0.925. The van der Waals surface area contributed by atoms with Gasteiger partial charge in [0.2, 0.25) is 0 Å². The van der Waals surface area contributed by atoms with Crippen molar-refractivity contribution in [3.63, 3.8) is 0 Å². The third kappa shape index (κ3) is 2.76. The second-order valence-electron chi connectivity index (χ2n) is 5.39. The summed E-state index contributed by atoms with van der Waals surface area (Å²) >= 11 is 0. The van der Waals surface area contributed by atoms with Crippen LogP contribution in [0.4, 0.5) is 10.2 Å². The second kappa shape index (κ2) is 6.20. The van der Waals surface area contributed by atoms with Gasteiger partial charge in [-0.05, 0) is 46.1 Å². The van der Waals surface area contributed by atoms with Crippen LogP contribution in [0.1, 0.15) is 50.4 Å². The topological polar surface area (TPSA) is 45.2 Å². The number of carbonyl (C=O) groups is 1. The summed E-state index contributed by atoms with van der Waals surface area (Å²) < 4.78 is 14.3. The highest BCUT2D eigenvalue weighted by atomic mass is 19.1. The maximum atomic E-state index is 14.3. The number of hydrogen-bond donors (Lipinski definition) is 1. The first-order chi connectivity index (χ1) is 9.56. The molecule has 1 aliphatic rings. The Morgan fingerprint density at radius 1 is 1.45 bits per heavy atom. The molecule has 2 unspecified atom stereocenters. The van der Waals surface area contributed by atoms with Gasteiger partial charge in [0.25, 0.3) is 5.91 Å². The minimum atomic E-state index is -0.552. The summed E-state index contributed by atoms with van der Waals surface area (Å²) in [5, 5.41) is 2.84. The monoisotopic (exact) mass is 279 g/mol. The number of halogens is 1. The maximum absolute atomic E-state index is 14.3. The van der Waals surface area contributed by atoms with Gasteiger partial charge in [-0.3, -0.25) is 4.79 Å². The Balaban J connectivity index is 2.30. The molecule has 1 N–H and O–H groups in total. The van der Waals surface area contributed by atoms with Crippen molar-refractivity contribution in [1.82, 2.24) is 9.88 Å². The highest BCUT2D eigenvalue weighted by Gasteiger charge is 2.31. The minimum absolute atomic E-state index is 0.108. The SMILES string of the molecule is CCNc1nccc(C(=O)N2C(C)CCCC2C)c1F. The summed E-state index contributed by atoms with van der Waals surface area (Å²) in [4.78, 5) is 18.4. The zero-order valence-corrected chi connectivity index (χ0v) is 12.3. The molecule has 0 radical (unpaired) electrons. The van der Waals surface area contributed by atoms with E-state index in [9.17, 15) is 9.18 Å². The van der Waals surface area contributed by atoms with Crippen LogP contribution < -0.4 is 5.32 Å². The molecule has 4 nitrogen and oxygen atoms in total. The number of hydrogen-bond acceptors (Lipinski definition) is 3. The molecule has 110 valence electrons. The van der Waals surface area contributed by atoms with Crippen molar-refractivity contribution < 1.29 is 9.18 Å². The third-order valence-corrected chi connectivity index (χ3v) is 3.89. The van der Waals surface area contributed by atoms with Gasteiger partial charge in [0.05, 0.1) is 5.56 Å². The van der Waals surface area contributed by atoms with Gasteiger partial charge < -0.3 is 10.2 Å². The van der Waals surface area contributed by atoms with Crippen molar-refractivity contribution in [2.75, 3.05) is 11.9 Å². The molecule has 2 atom stereocenters. The standard InChI is InChI=1S/C15H22FN3O/c1-4-17-14-13(16)12(8-9-18-14)15(20)19-10(2)6-5-7-11(19)3/h8-11H,4-7H2,1-3H3,(H,17,18). The van der Waals surface area contributed by atoms with Gasteiger partial charge in [0, 0.05) is 24.8 Å². The number of likely N-dealkylation sites (tertiary alicyclic amines) is 1. The molecule has 20 heavy (non-hydrogen) atoms. The summed E-state index contributed by atoms with van der Waals surface area (Å²) in [7, 11) is 0. The van der Waals surface area contributed by atoms with E-state index in [2.05, 4.69) is 10.3 Å². The summed E-state index contributed by atoms with van der Waals surface area (Å²) in [6.45, 7) is 6.48. The van der Waals surface area contributed by atoms with Crippen molar-refractivity contribution in [2.45, 2.75) is 52.1 Å². The Hall–Kier alpha value is -1.65. The van der Waals surface area contributed by atoms with Crippen molar-refractivity contribution in [1.29, 1.82) is 0 Å². The molecule has 5 heteroatoms. The smallest absolute Gasteiger partial charge is 0.257 e. The average Bonchev–Trinajstić information content (AvgIpc) is 2.41. The molecule has 2 rings (SSSR count). The van der Waals surface area contributed by atoms with E-state index in [1.165, 1.54) is 12.3 Å². The number of piperidine rings is 1. The molecule has 1 aliphatic heterocycles. The highest BCUT2D eigenvalue weighted by molar-refractivity contribution is 5.95. The predicted molar refractivity (Wildman–Crippen MR) is 77.3 cm³/mol. The Bertz CT molecular complexity index is 482. The highest BCUT2D eigenvalue weighted by Crippen LogP contribution is 2.26. The van der Waals surface area contributed by atoms with Crippen LogP contribution in [0.25, 0.3) is 0 Å². The van der Waals surface area contributed by atoms with Crippen molar-refractivity contribution >= 4 is 11.7 Å². The number of nitrogens with zero attached hydrogens (tertiary/aromatic N) is 2. The zero-order valence-electron chi connectivity index (χ0n) is 12.3. The average molecular weight is 279 g/mol. The predicted octanol–water partition coefficient (Wildman–Crippen LogP) is 3.06. The first-order valence-electron chi connectivity index (χ1n) is 7.27.